The first-order valence-electron chi connectivity index (χ1n) is 7.77. The molecule has 23 heavy (non-hydrogen) atoms. The first kappa shape index (κ1) is 18.0. The third kappa shape index (κ3) is 3.95. The van der Waals surface area contributed by atoms with Crippen LogP contribution in [0.15, 0.2) is 18.2 Å². The number of nitrogens with zero attached hydrogens (tertiary/aromatic N) is 1. The lowest BCUT2D eigenvalue weighted by Gasteiger charge is -2.35. The predicted molar refractivity (Wildman–Crippen MR) is 92.4 cm³/mol. The normalized spacial score (nSPS) is 19.1. The molecule has 7 heteroatoms. The minimum absolute atomic E-state index is 0.181. The molecule has 0 aliphatic carbocycles. The van der Waals surface area contributed by atoms with Crippen LogP contribution in [-0.2, 0) is 4.74 Å². The molecule has 0 bridgehead atoms. The molecule has 1 aliphatic heterocycles. The Hall–Kier alpha value is -1.34. The summed E-state index contributed by atoms with van der Waals surface area (Å²) in [5.74, 6) is -0.535. The van der Waals surface area contributed by atoms with Gasteiger partial charge >= 0.3 is 6.09 Å². The molecule has 2 radical (unpaired) electrons. The molecular weight excluding hydrogens is 312 g/mol. The minimum atomic E-state index is -2.30. The number of amides is 1. The summed E-state index contributed by atoms with van der Waals surface area (Å²) >= 11 is 0. The van der Waals surface area contributed by atoms with Gasteiger partial charge in [0.1, 0.15) is 19.8 Å². The van der Waals surface area contributed by atoms with Crippen LogP contribution in [0.3, 0.4) is 0 Å². The lowest BCUT2D eigenvalue weighted by molar-refractivity contribution is 0.133. The number of cyclic esters (lactones) is 1. The number of anilines is 1. The van der Waals surface area contributed by atoms with Crippen LogP contribution in [-0.4, -0.2) is 39.7 Å². The van der Waals surface area contributed by atoms with Gasteiger partial charge in [0.05, 0.1) is 12.2 Å². The highest BCUT2D eigenvalue weighted by molar-refractivity contribution is 6.72. The number of hydrogen-bond donors (Lipinski definition) is 1. The van der Waals surface area contributed by atoms with Crippen LogP contribution in [0, 0.1) is 5.82 Å². The lowest BCUT2D eigenvalue weighted by Crippen LogP contribution is -2.39. The molecular formula is C16H23BFNO3Si. The molecule has 1 aromatic rings. The fourth-order valence-electron chi connectivity index (χ4n) is 2.44. The number of rotatable bonds is 5. The molecule has 1 fully saturated rings. The zero-order valence-corrected chi connectivity index (χ0v) is 15.1. The zero-order chi connectivity index (χ0) is 17.4. The molecule has 1 aliphatic rings. The number of hydrogen-bond acceptors (Lipinski definition) is 3. The summed E-state index contributed by atoms with van der Waals surface area (Å²) in [4.78, 5) is 23.6. The van der Waals surface area contributed by atoms with Gasteiger partial charge in [-0.1, -0.05) is 25.4 Å². The van der Waals surface area contributed by atoms with Crippen molar-refractivity contribution in [1.29, 1.82) is 0 Å². The van der Waals surface area contributed by atoms with Crippen molar-refractivity contribution in [3.8, 4) is 0 Å². The summed E-state index contributed by atoms with van der Waals surface area (Å²) in [6, 6.07) is 4.24. The van der Waals surface area contributed by atoms with Crippen LogP contribution in [0.5, 0.6) is 0 Å². The number of halogens is 1. The van der Waals surface area contributed by atoms with E-state index in [2.05, 4.69) is 0 Å². The van der Waals surface area contributed by atoms with Crippen LogP contribution >= 0.6 is 0 Å². The number of carbonyl (C=O) groups is 1. The second kappa shape index (κ2) is 6.28. The highest BCUT2D eigenvalue weighted by Crippen LogP contribution is 2.41. The molecule has 1 saturated heterocycles. The van der Waals surface area contributed by atoms with E-state index >= 15 is 0 Å². The standard InChI is InChI=1S/C16H23BFNO3Si/c1-16(2,23(3,4)21)8-7-12-10-19(15(20)22-12)14-6-5-11(17)9-13(14)18/h5-6,9,12,21H,7-8,10H2,1-4H3/t12-/m0/s1. The van der Waals surface area contributed by atoms with Gasteiger partial charge in [-0.2, -0.15) is 0 Å². The van der Waals surface area contributed by atoms with Crippen LogP contribution in [0.25, 0.3) is 0 Å². The molecule has 0 spiro atoms. The maximum Gasteiger partial charge on any atom is 0.414 e. The predicted octanol–water partition coefficient (Wildman–Crippen LogP) is 2.70. The maximum atomic E-state index is 14.0. The SMILES string of the molecule is [B]c1ccc(N2C[C@H](CCC(C)(C)[Si](C)(C)O)OC2=O)c(F)c1. The third-order valence-corrected chi connectivity index (χ3v) is 8.45. The van der Waals surface area contributed by atoms with Crippen molar-refractivity contribution in [3.63, 3.8) is 0 Å². The molecule has 0 saturated carbocycles. The Labute approximate surface area is 139 Å². The molecule has 0 aromatic heterocycles. The van der Waals surface area contributed by atoms with Gasteiger partial charge in [-0.25, -0.2) is 9.18 Å². The molecule has 1 aromatic carbocycles. The molecule has 1 heterocycles. The molecule has 2 rings (SSSR count). The fourth-order valence-corrected chi connectivity index (χ4v) is 3.19. The molecule has 0 unspecified atom stereocenters. The first-order chi connectivity index (χ1) is 10.5. The lowest BCUT2D eigenvalue weighted by atomic mass is 9.96. The van der Waals surface area contributed by atoms with Gasteiger partial charge in [-0.3, -0.25) is 4.90 Å². The van der Waals surface area contributed by atoms with Crippen molar-refractivity contribution in [1.82, 2.24) is 0 Å². The zero-order valence-electron chi connectivity index (χ0n) is 14.1. The fraction of sp³-hybridized carbons (Fsp3) is 0.562. The smallest absolute Gasteiger partial charge is 0.414 e. The quantitative estimate of drug-likeness (QED) is 0.842. The van der Waals surface area contributed by atoms with E-state index in [1.165, 1.54) is 17.0 Å². The van der Waals surface area contributed by atoms with Crippen molar-refractivity contribution in [2.75, 3.05) is 11.4 Å². The monoisotopic (exact) mass is 335 g/mol. The highest BCUT2D eigenvalue weighted by atomic mass is 28.4. The topological polar surface area (TPSA) is 49.8 Å². The largest absolute Gasteiger partial charge is 0.444 e. The Morgan fingerprint density at radius 2 is 2.13 bits per heavy atom. The van der Waals surface area contributed by atoms with Crippen molar-refractivity contribution in [2.24, 2.45) is 0 Å². The van der Waals surface area contributed by atoms with E-state index in [-0.39, 0.29) is 16.8 Å². The molecule has 1 atom stereocenters. The summed E-state index contributed by atoms with van der Waals surface area (Å²) in [6.07, 6.45) is 0.550. The maximum absolute atomic E-state index is 14.0. The third-order valence-electron chi connectivity index (χ3n) is 4.88. The molecule has 4 nitrogen and oxygen atoms in total. The second-order valence-corrected chi connectivity index (χ2v) is 11.8. The van der Waals surface area contributed by atoms with Gasteiger partial charge in [-0.05, 0) is 43.1 Å². The van der Waals surface area contributed by atoms with E-state index in [9.17, 15) is 14.0 Å². The first-order valence-corrected chi connectivity index (χ1v) is 10.7. The Kier molecular flexibility index (Phi) is 4.92. The second-order valence-electron chi connectivity index (χ2n) is 7.31. The Balaban J connectivity index is 2.03. The van der Waals surface area contributed by atoms with E-state index < -0.39 is 20.2 Å². The van der Waals surface area contributed by atoms with Gasteiger partial charge in [0.15, 0.2) is 8.32 Å². The van der Waals surface area contributed by atoms with Crippen LogP contribution < -0.4 is 10.4 Å². The average molecular weight is 335 g/mol. The summed E-state index contributed by atoms with van der Waals surface area (Å²) in [5.41, 5.74) is 0.495. The van der Waals surface area contributed by atoms with Crippen molar-refractivity contribution >= 4 is 33.4 Å². The Morgan fingerprint density at radius 3 is 2.70 bits per heavy atom. The van der Waals surface area contributed by atoms with Crippen molar-refractivity contribution in [2.45, 2.75) is 50.9 Å². The van der Waals surface area contributed by atoms with Gasteiger partial charge in [-0.15, -0.1) is 0 Å². The molecule has 124 valence electrons. The van der Waals surface area contributed by atoms with Gasteiger partial charge in [0.25, 0.3) is 0 Å². The van der Waals surface area contributed by atoms with Gasteiger partial charge < -0.3 is 9.53 Å². The van der Waals surface area contributed by atoms with E-state index in [4.69, 9.17) is 12.6 Å². The summed E-state index contributed by atoms with van der Waals surface area (Å²) in [7, 11) is 3.23. The Bertz CT molecular complexity index is 603. The van der Waals surface area contributed by atoms with Gasteiger partial charge in [0, 0.05) is 0 Å². The summed E-state index contributed by atoms with van der Waals surface area (Å²) < 4.78 is 19.3. The summed E-state index contributed by atoms with van der Waals surface area (Å²) in [5, 5.41) is -0.181. The van der Waals surface area contributed by atoms with E-state index in [0.29, 0.717) is 18.4 Å². The van der Waals surface area contributed by atoms with E-state index in [1.54, 1.807) is 6.07 Å². The van der Waals surface area contributed by atoms with Gasteiger partial charge in [0.2, 0.25) is 0 Å². The molecule has 1 amide bonds. The van der Waals surface area contributed by atoms with E-state index in [1.807, 2.05) is 26.9 Å². The number of ether oxygens (including phenoxy) is 1. The van der Waals surface area contributed by atoms with Crippen molar-refractivity contribution in [3.05, 3.63) is 24.0 Å². The number of benzene rings is 1. The summed E-state index contributed by atoms with van der Waals surface area (Å²) in [6.45, 7) is 8.19. The highest BCUT2D eigenvalue weighted by Gasteiger charge is 2.40. The van der Waals surface area contributed by atoms with Crippen molar-refractivity contribution < 1.29 is 18.7 Å². The molecule has 1 N–H and O–H groups in total. The van der Waals surface area contributed by atoms with Crippen LogP contribution in [0.4, 0.5) is 14.9 Å². The van der Waals surface area contributed by atoms with Crippen LogP contribution in [0.2, 0.25) is 18.1 Å². The van der Waals surface area contributed by atoms with E-state index in [0.717, 1.165) is 6.42 Å². The Morgan fingerprint density at radius 1 is 1.48 bits per heavy atom. The van der Waals surface area contributed by atoms with Crippen LogP contribution in [0.1, 0.15) is 26.7 Å². The number of carbonyl (C=O) groups excluding carboxylic acids is 1. The minimum Gasteiger partial charge on any atom is -0.444 e. The average Bonchev–Trinajstić information content (AvgIpc) is 2.76.